The van der Waals surface area contributed by atoms with Crippen LogP contribution in [0.3, 0.4) is 0 Å². The van der Waals surface area contributed by atoms with Crippen molar-refractivity contribution >= 4 is 6.29 Å². The van der Waals surface area contributed by atoms with Crippen LogP contribution in [0.2, 0.25) is 0 Å². The largest absolute Gasteiger partial charge is 0.494 e. The van der Waals surface area contributed by atoms with Crippen molar-refractivity contribution in [2.24, 2.45) is 5.92 Å². The van der Waals surface area contributed by atoms with E-state index in [1.165, 1.54) is 5.56 Å². The SMILES string of the molecule is CCOc1ccc(CN2CCC(C=O)CC2)cc1. The zero-order chi connectivity index (χ0) is 12.8. The van der Waals surface area contributed by atoms with Crippen molar-refractivity contribution in [1.82, 2.24) is 4.90 Å². The van der Waals surface area contributed by atoms with Gasteiger partial charge in [-0.1, -0.05) is 12.1 Å². The Hall–Kier alpha value is -1.35. The van der Waals surface area contributed by atoms with Gasteiger partial charge in [0.1, 0.15) is 12.0 Å². The van der Waals surface area contributed by atoms with E-state index in [2.05, 4.69) is 17.0 Å². The molecule has 0 aliphatic carbocycles. The maximum absolute atomic E-state index is 10.7. The summed E-state index contributed by atoms with van der Waals surface area (Å²) in [6, 6.07) is 8.29. The molecule has 1 aromatic carbocycles. The quantitative estimate of drug-likeness (QED) is 0.749. The van der Waals surface area contributed by atoms with Gasteiger partial charge in [0.15, 0.2) is 0 Å². The smallest absolute Gasteiger partial charge is 0.123 e. The summed E-state index contributed by atoms with van der Waals surface area (Å²) in [5.74, 6) is 1.21. The normalized spacial score (nSPS) is 17.6. The molecule has 0 amide bonds. The number of hydrogen-bond donors (Lipinski definition) is 0. The lowest BCUT2D eigenvalue weighted by Crippen LogP contribution is -2.33. The monoisotopic (exact) mass is 247 g/mol. The molecule has 0 saturated carbocycles. The number of carbonyl (C=O) groups is 1. The first-order chi connectivity index (χ1) is 8.81. The highest BCUT2D eigenvalue weighted by molar-refractivity contribution is 5.53. The van der Waals surface area contributed by atoms with Gasteiger partial charge in [0.05, 0.1) is 6.61 Å². The lowest BCUT2D eigenvalue weighted by Gasteiger charge is -2.29. The summed E-state index contributed by atoms with van der Waals surface area (Å²) < 4.78 is 5.43. The van der Waals surface area contributed by atoms with Crippen LogP contribution in [0.1, 0.15) is 25.3 Å². The molecule has 1 saturated heterocycles. The molecule has 0 radical (unpaired) electrons. The Morgan fingerprint density at radius 1 is 1.28 bits per heavy atom. The highest BCUT2D eigenvalue weighted by atomic mass is 16.5. The molecule has 98 valence electrons. The van der Waals surface area contributed by atoms with Crippen molar-refractivity contribution in [2.75, 3.05) is 19.7 Å². The molecule has 1 heterocycles. The van der Waals surface area contributed by atoms with E-state index in [-0.39, 0.29) is 5.92 Å². The van der Waals surface area contributed by atoms with E-state index in [1.807, 2.05) is 19.1 Å². The molecule has 0 bridgehead atoms. The van der Waals surface area contributed by atoms with E-state index in [0.29, 0.717) is 6.61 Å². The topological polar surface area (TPSA) is 29.5 Å². The van der Waals surface area contributed by atoms with Crippen LogP contribution in [0.25, 0.3) is 0 Å². The molecule has 0 atom stereocenters. The first-order valence-corrected chi connectivity index (χ1v) is 6.71. The number of rotatable bonds is 5. The number of piperidine rings is 1. The second-order valence-corrected chi connectivity index (χ2v) is 4.83. The highest BCUT2D eigenvalue weighted by Gasteiger charge is 2.18. The molecule has 1 aliphatic heterocycles. The Balaban J connectivity index is 1.84. The van der Waals surface area contributed by atoms with Gasteiger partial charge in [-0.25, -0.2) is 0 Å². The molecule has 3 heteroatoms. The summed E-state index contributed by atoms with van der Waals surface area (Å²) in [5, 5.41) is 0. The Morgan fingerprint density at radius 2 is 1.94 bits per heavy atom. The van der Waals surface area contributed by atoms with E-state index in [0.717, 1.165) is 44.5 Å². The van der Waals surface area contributed by atoms with Crippen LogP contribution in [-0.2, 0) is 11.3 Å². The fraction of sp³-hybridized carbons (Fsp3) is 0.533. The van der Waals surface area contributed by atoms with Gasteiger partial charge in [-0.05, 0) is 50.6 Å². The van der Waals surface area contributed by atoms with Crippen molar-refractivity contribution < 1.29 is 9.53 Å². The number of carbonyl (C=O) groups excluding carboxylic acids is 1. The molecule has 1 aromatic rings. The average Bonchev–Trinajstić information content (AvgIpc) is 2.42. The summed E-state index contributed by atoms with van der Waals surface area (Å²) >= 11 is 0. The maximum Gasteiger partial charge on any atom is 0.123 e. The van der Waals surface area contributed by atoms with E-state index >= 15 is 0 Å². The third-order valence-corrected chi connectivity index (χ3v) is 3.47. The van der Waals surface area contributed by atoms with Crippen molar-refractivity contribution in [1.29, 1.82) is 0 Å². The van der Waals surface area contributed by atoms with Crippen LogP contribution in [0, 0.1) is 5.92 Å². The van der Waals surface area contributed by atoms with Gasteiger partial charge in [-0.2, -0.15) is 0 Å². The predicted molar refractivity (Wildman–Crippen MR) is 71.7 cm³/mol. The zero-order valence-corrected chi connectivity index (χ0v) is 11.0. The summed E-state index contributed by atoms with van der Waals surface area (Å²) in [4.78, 5) is 13.1. The second-order valence-electron chi connectivity index (χ2n) is 4.83. The third kappa shape index (κ3) is 3.57. The molecule has 0 unspecified atom stereocenters. The Bertz CT molecular complexity index is 367. The van der Waals surface area contributed by atoms with Crippen LogP contribution >= 0.6 is 0 Å². The minimum atomic E-state index is 0.279. The summed E-state index contributed by atoms with van der Waals surface area (Å²) in [5.41, 5.74) is 1.31. The van der Waals surface area contributed by atoms with Crippen LogP contribution in [-0.4, -0.2) is 30.9 Å². The first kappa shape index (κ1) is 13.1. The molecule has 1 aliphatic rings. The highest BCUT2D eigenvalue weighted by Crippen LogP contribution is 2.18. The van der Waals surface area contributed by atoms with Crippen LogP contribution in [0.4, 0.5) is 0 Å². The number of likely N-dealkylation sites (tertiary alicyclic amines) is 1. The van der Waals surface area contributed by atoms with Crippen LogP contribution < -0.4 is 4.74 Å². The minimum absolute atomic E-state index is 0.279. The Kier molecular flexibility index (Phi) is 4.76. The molecule has 18 heavy (non-hydrogen) atoms. The number of aldehydes is 1. The summed E-state index contributed by atoms with van der Waals surface area (Å²) in [6.07, 6.45) is 3.11. The maximum atomic E-state index is 10.7. The standard InChI is InChI=1S/C15H21NO2/c1-2-18-15-5-3-13(4-6-15)11-16-9-7-14(12-17)8-10-16/h3-6,12,14H,2,7-11H2,1H3. The van der Waals surface area contributed by atoms with E-state index in [9.17, 15) is 4.79 Å². The number of nitrogens with zero attached hydrogens (tertiary/aromatic N) is 1. The molecular formula is C15H21NO2. The zero-order valence-electron chi connectivity index (χ0n) is 11.0. The van der Waals surface area contributed by atoms with Crippen LogP contribution in [0.5, 0.6) is 5.75 Å². The fourth-order valence-electron chi connectivity index (χ4n) is 2.36. The van der Waals surface area contributed by atoms with Gasteiger partial charge < -0.3 is 9.53 Å². The van der Waals surface area contributed by atoms with Gasteiger partial charge in [-0.15, -0.1) is 0 Å². The van der Waals surface area contributed by atoms with Crippen molar-refractivity contribution in [3.63, 3.8) is 0 Å². The molecule has 0 spiro atoms. The molecule has 0 aromatic heterocycles. The number of benzene rings is 1. The summed E-state index contributed by atoms with van der Waals surface area (Å²) in [6.45, 7) is 5.72. The molecule has 1 fully saturated rings. The van der Waals surface area contributed by atoms with Gasteiger partial charge in [0.2, 0.25) is 0 Å². The molecule has 3 nitrogen and oxygen atoms in total. The minimum Gasteiger partial charge on any atom is -0.494 e. The first-order valence-electron chi connectivity index (χ1n) is 6.71. The van der Waals surface area contributed by atoms with Gasteiger partial charge in [0.25, 0.3) is 0 Å². The van der Waals surface area contributed by atoms with Gasteiger partial charge in [0, 0.05) is 12.5 Å². The number of hydrogen-bond acceptors (Lipinski definition) is 3. The Labute approximate surface area is 109 Å². The predicted octanol–water partition coefficient (Wildman–Crippen LogP) is 2.50. The second kappa shape index (κ2) is 6.55. The van der Waals surface area contributed by atoms with Crippen molar-refractivity contribution in [3.05, 3.63) is 29.8 Å². The average molecular weight is 247 g/mol. The van der Waals surface area contributed by atoms with Crippen molar-refractivity contribution in [2.45, 2.75) is 26.3 Å². The van der Waals surface area contributed by atoms with E-state index < -0.39 is 0 Å². The summed E-state index contributed by atoms with van der Waals surface area (Å²) in [7, 11) is 0. The Morgan fingerprint density at radius 3 is 2.50 bits per heavy atom. The molecular weight excluding hydrogens is 226 g/mol. The van der Waals surface area contributed by atoms with Crippen molar-refractivity contribution in [3.8, 4) is 5.75 Å². The van der Waals surface area contributed by atoms with Gasteiger partial charge >= 0.3 is 0 Å². The van der Waals surface area contributed by atoms with E-state index in [4.69, 9.17) is 4.74 Å². The van der Waals surface area contributed by atoms with Gasteiger partial charge in [-0.3, -0.25) is 4.90 Å². The molecule has 0 N–H and O–H groups in total. The lowest BCUT2D eigenvalue weighted by molar-refractivity contribution is -0.112. The third-order valence-electron chi connectivity index (χ3n) is 3.47. The number of ether oxygens (including phenoxy) is 1. The fourth-order valence-corrected chi connectivity index (χ4v) is 2.36. The lowest BCUT2D eigenvalue weighted by atomic mass is 9.98. The van der Waals surface area contributed by atoms with E-state index in [1.54, 1.807) is 0 Å². The van der Waals surface area contributed by atoms with Crippen LogP contribution in [0.15, 0.2) is 24.3 Å². The molecule has 2 rings (SSSR count).